The molecule has 25 heavy (non-hydrogen) atoms. The number of nitrogens with zero attached hydrogens (tertiary/aromatic N) is 3. The van der Waals surface area contributed by atoms with Crippen LogP contribution in [0.3, 0.4) is 0 Å². The zero-order valence-corrected chi connectivity index (χ0v) is 13.2. The molecule has 1 aliphatic rings. The topological polar surface area (TPSA) is 55.3 Å². The van der Waals surface area contributed by atoms with E-state index in [4.69, 9.17) is 4.74 Å². The number of hydrogen-bond donors (Lipinski definition) is 0. The van der Waals surface area contributed by atoms with Crippen molar-refractivity contribution >= 4 is 5.91 Å². The first-order valence-electron chi connectivity index (χ1n) is 7.80. The van der Waals surface area contributed by atoms with E-state index in [1.165, 1.54) is 12.1 Å². The summed E-state index contributed by atoms with van der Waals surface area (Å²) >= 11 is 0. The zero-order valence-electron chi connectivity index (χ0n) is 13.2. The number of aromatic nitrogens is 2. The number of likely N-dealkylation sites (tertiary alicyclic amines) is 1. The minimum atomic E-state index is -4.37. The van der Waals surface area contributed by atoms with Crippen molar-refractivity contribution in [3.63, 3.8) is 0 Å². The maximum absolute atomic E-state index is 12.6. The average Bonchev–Trinajstić information content (AvgIpc) is 3.04. The molecule has 5 nitrogen and oxygen atoms in total. The Morgan fingerprint density at radius 3 is 2.64 bits per heavy atom. The van der Waals surface area contributed by atoms with Crippen molar-refractivity contribution < 1.29 is 22.7 Å². The van der Waals surface area contributed by atoms with Gasteiger partial charge in [0.1, 0.15) is 6.10 Å². The SMILES string of the molecule is O=C(Cc1ccc(C(F)(F)F)cc1)N1CCC(Oc2cccnn2)C1. The molecule has 1 atom stereocenters. The molecule has 1 aromatic heterocycles. The highest BCUT2D eigenvalue weighted by molar-refractivity contribution is 5.79. The highest BCUT2D eigenvalue weighted by Crippen LogP contribution is 2.29. The van der Waals surface area contributed by atoms with Gasteiger partial charge in [-0.25, -0.2) is 0 Å². The molecule has 1 fully saturated rings. The number of ether oxygens (including phenoxy) is 1. The van der Waals surface area contributed by atoms with Crippen molar-refractivity contribution in [3.8, 4) is 5.88 Å². The summed E-state index contributed by atoms with van der Waals surface area (Å²) in [5.74, 6) is 0.273. The van der Waals surface area contributed by atoms with Crippen LogP contribution in [0.25, 0.3) is 0 Å². The summed E-state index contributed by atoms with van der Waals surface area (Å²) < 4.78 is 43.3. The molecule has 1 unspecified atom stereocenters. The van der Waals surface area contributed by atoms with Gasteiger partial charge >= 0.3 is 6.18 Å². The van der Waals surface area contributed by atoms with Crippen LogP contribution in [0.2, 0.25) is 0 Å². The Hall–Kier alpha value is -2.64. The summed E-state index contributed by atoms with van der Waals surface area (Å²) in [7, 11) is 0. The Morgan fingerprint density at radius 2 is 2.00 bits per heavy atom. The first-order valence-corrected chi connectivity index (χ1v) is 7.80. The fraction of sp³-hybridized carbons (Fsp3) is 0.353. The molecule has 0 spiro atoms. The minimum absolute atomic E-state index is 0.0655. The van der Waals surface area contributed by atoms with Crippen LogP contribution in [-0.4, -0.2) is 40.2 Å². The zero-order chi connectivity index (χ0) is 17.9. The van der Waals surface area contributed by atoms with Crippen molar-refractivity contribution in [3.05, 3.63) is 53.7 Å². The Bertz CT molecular complexity index is 720. The summed E-state index contributed by atoms with van der Waals surface area (Å²) in [5, 5.41) is 7.57. The monoisotopic (exact) mass is 351 g/mol. The van der Waals surface area contributed by atoms with Gasteiger partial charge in [0.15, 0.2) is 0 Å². The second-order valence-electron chi connectivity index (χ2n) is 5.80. The number of rotatable bonds is 4. The fourth-order valence-electron chi connectivity index (χ4n) is 2.67. The number of hydrogen-bond acceptors (Lipinski definition) is 4. The van der Waals surface area contributed by atoms with Gasteiger partial charge in [0.2, 0.25) is 11.8 Å². The van der Waals surface area contributed by atoms with Gasteiger partial charge in [-0.3, -0.25) is 4.79 Å². The summed E-state index contributed by atoms with van der Waals surface area (Å²) in [6, 6.07) is 8.07. The standard InChI is InChI=1S/C17H16F3N3O2/c18-17(19,20)13-5-3-12(4-6-13)10-16(24)23-9-7-14(11-23)25-15-2-1-8-21-22-15/h1-6,8,14H,7,9-11H2. The second kappa shape index (κ2) is 7.08. The molecule has 0 bridgehead atoms. The second-order valence-corrected chi connectivity index (χ2v) is 5.80. The van der Waals surface area contributed by atoms with Gasteiger partial charge in [0, 0.05) is 25.2 Å². The van der Waals surface area contributed by atoms with Crippen LogP contribution >= 0.6 is 0 Å². The summed E-state index contributed by atoms with van der Waals surface area (Å²) in [6.45, 7) is 0.973. The molecule has 0 aliphatic carbocycles. The predicted molar refractivity (Wildman–Crippen MR) is 82.8 cm³/mol. The molecule has 1 amide bonds. The summed E-state index contributed by atoms with van der Waals surface area (Å²) in [6.07, 6.45) is -2.25. The summed E-state index contributed by atoms with van der Waals surface area (Å²) in [4.78, 5) is 14.0. The molecule has 0 radical (unpaired) electrons. The molecule has 0 saturated carbocycles. The minimum Gasteiger partial charge on any atom is -0.471 e. The van der Waals surface area contributed by atoms with E-state index in [-0.39, 0.29) is 18.4 Å². The van der Waals surface area contributed by atoms with Crippen LogP contribution in [0.5, 0.6) is 5.88 Å². The van der Waals surface area contributed by atoms with Crippen molar-refractivity contribution in [2.45, 2.75) is 25.1 Å². The summed E-state index contributed by atoms with van der Waals surface area (Å²) in [5.41, 5.74) is -0.168. The third-order valence-electron chi connectivity index (χ3n) is 3.97. The largest absolute Gasteiger partial charge is 0.471 e. The van der Waals surface area contributed by atoms with E-state index >= 15 is 0 Å². The van der Waals surface area contributed by atoms with Gasteiger partial charge in [0.25, 0.3) is 0 Å². The van der Waals surface area contributed by atoms with E-state index in [9.17, 15) is 18.0 Å². The van der Waals surface area contributed by atoms with Gasteiger partial charge in [-0.05, 0) is 23.8 Å². The molecule has 132 valence electrons. The fourth-order valence-corrected chi connectivity index (χ4v) is 2.67. The highest BCUT2D eigenvalue weighted by Gasteiger charge is 2.31. The van der Waals surface area contributed by atoms with E-state index in [2.05, 4.69) is 10.2 Å². The van der Waals surface area contributed by atoms with Crippen molar-refractivity contribution in [2.24, 2.45) is 0 Å². The van der Waals surface area contributed by atoms with Crippen LogP contribution in [0, 0.1) is 0 Å². The Morgan fingerprint density at radius 1 is 1.24 bits per heavy atom. The van der Waals surface area contributed by atoms with Crippen LogP contribution in [0.15, 0.2) is 42.6 Å². The maximum atomic E-state index is 12.6. The van der Waals surface area contributed by atoms with E-state index in [0.29, 0.717) is 31.0 Å². The number of carbonyl (C=O) groups excluding carboxylic acids is 1. The smallest absolute Gasteiger partial charge is 0.416 e. The molecular formula is C17H16F3N3O2. The Kier molecular flexibility index (Phi) is 4.87. The third kappa shape index (κ3) is 4.46. The van der Waals surface area contributed by atoms with E-state index in [1.54, 1.807) is 23.2 Å². The molecule has 2 aromatic rings. The van der Waals surface area contributed by atoms with Crippen LogP contribution in [-0.2, 0) is 17.4 Å². The molecule has 8 heteroatoms. The van der Waals surface area contributed by atoms with Gasteiger partial charge in [-0.1, -0.05) is 12.1 Å². The lowest BCUT2D eigenvalue weighted by atomic mass is 10.1. The number of benzene rings is 1. The molecular weight excluding hydrogens is 335 g/mol. The van der Waals surface area contributed by atoms with Crippen molar-refractivity contribution in [1.29, 1.82) is 0 Å². The van der Waals surface area contributed by atoms with Gasteiger partial charge in [0.05, 0.1) is 18.5 Å². The van der Waals surface area contributed by atoms with Gasteiger partial charge in [-0.2, -0.15) is 18.3 Å². The highest BCUT2D eigenvalue weighted by atomic mass is 19.4. The Balaban J connectivity index is 1.54. The Labute approximate surface area is 142 Å². The van der Waals surface area contributed by atoms with Crippen molar-refractivity contribution in [1.82, 2.24) is 15.1 Å². The van der Waals surface area contributed by atoms with E-state index < -0.39 is 11.7 Å². The normalized spacial score (nSPS) is 17.6. The van der Waals surface area contributed by atoms with Crippen molar-refractivity contribution in [2.75, 3.05) is 13.1 Å². The lowest BCUT2D eigenvalue weighted by Crippen LogP contribution is -2.32. The molecule has 1 saturated heterocycles. The maximum Gasteiger partial charge on any atom is 0.416 e. The number of amides is 1. The number of halogens is 3. The molecule has 1 aliphatic heterocycles. The lowest BCUT2D eigenvalue weighted by Gasteiger charge is -2.17. The lowest BCUT2D eigenvalue weighted by molar-refractivity contribution is -0.137. The van der Waals surface area contributed by atoms with Crippen LogP contribution in [0.4, 0.5) is 13.2 Å². The quantitative estimate of drug-likeness (QED) is 0.850. The van der Waals surface area contributed by atoms with Crippen LogP contribution < -0.4 is 4.74 Å². The number of carbonyl (C=O) groups is 1. The first-order chi connectivity index (χ1) is 11.9. The van der Waals surface area contributed by atoms with Crippen LogP contribution in [0.1, 0.15) is 17.5 Å². The van der Waals surface area contributed by atoms with Gasteiger partial charge < -0.3 is 9.64 Å². The third-order valence-corrected chi connectivity index (χ3v) is 3.97. The number of alkyl halides is 3. The predicted octanol–water partition coefficient (Wildman–Crippen LogP) is 2.72. The first kappa shape index (κ1) is 17.2. The molecule has 1 aromatic carbocycles. The average molecular weight is 351 g/mol. The van der Waals surface area contributed by atoms with E-state index in [0.717, 1.165) is 12.1 Å². The molecule has 0 N–H and O–H groups in total. The molecule has 3 rings (SSSR count). The van der Waals surface area contributed by atoms with E-state index in [1.807, 2.05) is 0 Å². The molecule has 2 heterocycles. The van der Waals surface area contributed by atoms with Gasteiger partial charge in [-0.15, -0.1) is 5.10 Å².